The maximum Gasteiger partial charge on any atom is 0.209 e. The van der Waals surface area contributed by atoms with Crippen LogP contribution < -0.4 is 5.32 Å². The standard InChI is InChI=1S/C8H16N2O/c1-2-9-8-3-5-10(7-11)6-4-8/h7-9H,2-6H2,1H3. The molecule has 3 nitrogen and oxygen atoms in total. The number of amides is 1. The molecule has 11 heavy (non-hydrogen) atoms. The van der Waals surface area contributed by atoms with Gasteiger partial charge in [-0.2, -0.15) is 0 Å². The van der Waals surface area contributed by atoms with E-state index in [9.17, 15) is 4.79 Å². The van der Waals surface area contributed by atoms with Crippen LogP contribution in [0.15, 0.2) is 0 Å². The molecule has 0 unspecified atom stereocenters. The number of nitrogens with zero attached hydrogens (tertiary/aromatic N) is 1. The van der Waals surface area contributed by atoms with Crippen molar-refractivity contribution >= 4 is 6.41 Å². The van der Waals surface area contributed by atoms with Crippen molar-refractivity contribution in [3.8, 4) is 0 Å². The van der Waals surface area contributed by atoms with Crippen LogP contribution in [0.2, 0.25) is 0 Å². The third-order valence-corrected chi connectivity index (χ3v) is 2.17. The van der Waals surface area contributed by atoms with E-state index in [4.69, 9.17) is 0 Å². The van der Waals surface area contributed by atoms with Crippen LogP contribution in [-0.2, 0) is 4.79 Å². The quantitative estimate of drug-likeness (QED) is 0.593. The Morgan fingerprint density at radius 3 is 2.64 bits per heavy atom. The third-order valence-electron chi connectivity index (χ3n) is 2.17. The normalized spacial score (nSPS) is 20.3. The Kier molecular flexibility index (Phi) is 3.36. The molecule has 0 aromatic heterocycles. The first-order valence-corrected chi connectivity index (χ1v) is 4.29. The van der Waals surface area contributed by atoms with Gasteiger partial charge in [0.2, 0.25) is 6.41 Å². The lowest BCUT2D eigenvalue weighted by molar-refractivity contribution is -0.119. The zero-order valence-electron chi connectivity index (χ0n) is 7.05. The van der Waals surface area contributed by atoms with Crippen LogP contribution in [0.5, 0.6) is 0 Å². The van der Waals surface area contributed by atoms with E-state index < -0.39 is 0 Å². The Morgan fingerprint density at radius 2 is 2.18 bits per heavy atom. The fourth-order valence-electron chi connectivity index (χ4n) is 1.50. The van der Waals surface area contributed by atoms with Gasteiger partial charge in [-0.05, 0) is 19.4 Å². The summed E-state index contributed by atoms with van der Waals surface area (Å²) in [4.78, 5) is 12.2. The third kappa shape index (κ3) is 2.50. The van der Waals surface area contributed by atoms with Crippen molar-refractivity contribution in [2.45, 2.75) is 25.8 Å². The minimum absolute atomic E-state index is 0.635. The lowest BCUT2D eigenvalue weighted by Gasteiger charge is -2.29. The number of likely N-dealkylation sites (tertiary alicyclic amines) is 1. The number of carbonyl (C=O) groups is 1. The minimum Gasteiger partial charge on any atom is -0.345 e. The zero-order chi connectivity index (χ0) is 8.10. The SMILES string of the molecule is CCNC1CCN(C=O)CC1. The van der Waals surface area contributed by atoms with E-state index in [1.165, 1.54) is 0 Å². The Labute approximate surface area is 67.8 Å². The van der Waals surface area contributed by atoms with Crippen LogP contribution in [0, 0.1) is 0 Å². The molecule has 1 heterocycles. The first-order valence-electron chi connectivity index (χ1n) is 4.29. The first kappa shape index (κ1) is 8.53. The molecule has 3 heteroatoms. The van der Waals surface area contributed by atoms with Crippen LogP contribution >= 0.6 is 0 Å². The van der Waals surface area contributed by atoms with E-state index in [0.29, 0.717) is 6.04 Å². The molecule has 0 radical (unpaired) electrons. The van der Waals surface area contributed by atoms with Crippen molar-refractivity contribution in [3.63, 3.8) is 0 Å². The van der Waals surface area contributed by atoms with Gasteiger partial charge in [0.1, 0.15) is 0 Å². The predicted octanol–water partition coefficient (Wildman–Crippen LogP) is 0.217. The van der Waals surface area contributed by atoms with Gasteiger partial charge in [0.25, 0.3) is 0 Å². The molecule has 1 aliphatic heterocycles. The molecule has 0 aliphatic carbocycles. The van der Waals surface area contributed by atoms with E-state index in [0.717, 1.165) is 38.9 Å². The van der Waals surface area contributed by atoms with Crippen LogP contribution in [-0.4, -0.2) is 37.0 Å². The van der Waals surface area contributed by atoms with Crippen molar-refractivity contribution in [3.05, 3.63) is 0 Å². The Balaban J connectivity index is 2.18. The van der Waals surface area contributed by atoms with Crippen molar-refractivity contribution in [1.29, 1.82) is 0 Å². The second-order valence-corrected chi connectivity index (χ2v) is 2.97. The van der Waals surface area contributed by atoms with Gasteiger partial charge in [0, 0.05) is 19.1 Å². The zero-order valence-corrected chi connectivity index (χ0v) is 7.05. The lowest BCUT2D eigenvalue weighted by Crippen LogP contribution is -2.41. The highest BCUT2D eigenvalue weighted by Gasteiger charge is 2.15. The number of carbonyl (C=O) groups excluding carboxylic acids is 1. The molecule has 0 bridgehead atoms. The van der Waals surface area contributed by atoms with E-state index in [-0.39, 0.29) is 0 Å². The average Bonchev–Trinajstić information content (AvgIpc) is 2.07. The molecule has 1 rings (SSSR count). The van der Waals surface area contributed by atoms with Gasteiger partial charge in [-0.15, -0.1) is 0 Å². The van der Waals surface area contributed by atoms with Crippen molar-refractivity contribution in [2.24, 2.45) is 0 Å². The van der Waals surface area contributed by atoms with Crippen molar-refractivity contribution in [1.82, 2.24) is 10.2 Å². The van der Waals surface area contributed by atoms with E-state index in [1.807, 2.05) is 4.90 Å². The molecule has 1 N–H and O–H groups in total. The van der Waals surface area contributed by atoms with Gasteiger partial charge in [-0.25, -0.2) is 0 Å². The Hall–Kier alpha value is -0.570. The van der Waals surface area contributed by atoms with Gasteiger partial charge in [0.15, 0.2) is 0 Å². The summed E-state index contributed by atoms with van der Waals surface area (Å²) in [6, 6.07) is 0.635. The smallest absolute Gasteiger partial charge is 0.209 e. The number of piperidine rings is 1. The molecule has 1 aliphatic rings. The van der Waals surface area contributed by atoms with E-state index in [2.05, 4.69) is 12.2 Å². The summed E-state index contributed by atoms with van der Waals surface area (Å²) in [5.41, 5.74) is 0. The maximum atomic E-state index is 10.3. The summed E-state index contributed by atoms with van der Waals surface area (Å²) in [5.74, 6) is 0. The molecule has 0 spiro atoms. The second-order valence-electron chi connectivity index (χ2n) is 2.97. The fraction of sp³-hybridized carbons (Fsp3) is 0.875. The molecular formula is C8H16N2O. The molecule has 1 fully saturated rings. The summed E-state index contributed by atoms with van der Waals surface area (Å²) in [7, 11) is 0. The average molecular weight is 156 g/mol. The van der Waals surface area contributed by atoms with Gasteiger partial charge in [-0.1, -0.05) is 6.92 Å². The minimum atomic E-state index is 0.635. The first-order chi connectivity index (χ1) is 5.36. The molecule has 0 atom stereocenters. The summed E-state index contributed by atoms with van der Waals surface area (Å²) in [5, 5.41) is 3.39. The molecule has 0 aromatic rings. The second kappa shape index (κ2) is 4.34. The van der Waals surface area contributed by atoms with Gasteiger partial charge < -0.3 is 10.2 Å². The highest BCUT2D eigenvalue weighted by molar-refractivity contribution is 5.47. The largest absolute Gasteiger partial charge is 0.345 e. The highest BCUT2D eigenvalue weighted by atomic mass is 16.1. The van der Waals surface area contributed by atoms with Crippen LogP contribution in [0.3, 0.4) is 0 Å². The maximum absolute atomic E-state index is 10.3. The van der Waals surface area contributed by atoms with Crippen LogP contribution in [0.25, 0.3) is 0 Å². The molecule has 1 amide bonds. The summed E-state index contributed by atoms with van der Waals surface area (Å²) in [6.45, 7) is 4.99. The molecular weight excluding hydrogens is 140 g/mol. The molecule has 0 saturated carbocycles. The van der Waals surface area contributed by atoms with Gasteiger partial charge in [-0.3, -0.25) is 4.79 Å². The topological polar surface area (TPSA) is 32.3 Å². The molecule has 0 aromatic carbocycles. The summed E-state index contributed by atoms with van der Waals surface area (Å²) >= 11 is 0. The predicted molar refractivity (Wildman–Crippen MR) is 44.3 cm³/mol. The summed E-state index contributed by atoms with van der Waals surface area (Å²) < 4.78 is 0. The van der Waals surface area contributed by atoms with Crippen molar-refractivity contribution < 1.29 is 4.79 Å². The monoisotopic (exact) mass is 156 g/mol. The van der Waals surface area contributed by atoms with E-state index in [1.54, 1.807) is 0 Å². The molecule has 64 valence electrons. The van der Waals surface area contributed by atoms with Gasteiger partial charge in [0.05, 0.1) is 0 Å². The Morgan fingerprint density at radius 1 is 1.55 bits per heavy atom. The Bertz CT molecular complexity index is 119. The number of hydrogen-bond donors (Lipinski definition) is 1. The van der Waals surface area contributed by atoms with E-state index >= 15 is 0 Å². The van der Waals surface area contributed by atoms with Crippen LogP contribution in [0.1, 0.15) is 19.8 Å². The fourth-order valence-corrected chi connectivity index (χ4v) is 1.50. The summed E-state index contributed by atoms with van der Waals surface area (Å²) in [6.07, 6.45) is 3.15. The lowest BCUT2D eigenvalue weighted by atomic mass is 10.1. The number of hydrogen-bond acceptors (Lipinski definition) is 2. The van der Waals surface area contributed by atoms with Crippen molar-refractivity contribution in [2.75, 3.05) is 19.6 Å². The number of nitrogens with one attached hydrogen (secondary N) is 1. The molecule has 1 saturated heterocycles. The van der Waals surface area contributed by atoms with Crippen LogP contribution in [0.4, 0.5) is 0 Å². The van der Waals surface area contributed by atoms with Gasteiger partial charge >= 0.3 is 0 Å². The number of rotatable bonds is 3. The highest BCUT2D eigenvalue weighted by Crippen LogP contribution is 2.07.